The normalized spacial score (nSPS) is 14.1. The van der Waals surface area contributed by atoms with E-state index in [1.807, 2.05) is 12.1 Å². The Balaban J connectivity index is 1.74. The van der Waals surface area contributed by atoms with E-state index in [-0.39, 0.29) is 19.2 Å². The third-order valence-corrected chi connectivity index (χ3v) is 5.23. The summed E-state index contributed by atoms with van der Waals surface area (Å²) in [5.74, 6) is 1.03. The molecule has 3 rings (SSSR count). The molecule has 8 heteroatoms. The molecule has 1 saturated carbocycles. The average molecular weight is 402 g/mol. The number of H-pyrrole nitrogens is 1. The van der Waals surface area contributed by atoms with Crippen molar-refractivity contribution in [3.63, 3.8) is 0 Å². The maximum absolute atomic E-state index is 12.9. The van der Waals surface area contributed by atoms with Crippen LogP contribution in [0.15, 0.2) is 30.6 Å². The summed E-state index contributed by atoms with van der Waals surface area (Å²) in [6.45, 7) is 1.27. The molecule has 0 bridgehead atoms. The molecule has 1 aromatic heterocycles. The lowest BCUT2D eigenvalue weighted by Gasteiger charge is -2.26. The monoisotopic (exact) mass is 402 g/mol. The standard InChI is InChI=1S/C21H30N4O4/c26-9-3-11-29-20-12-17(18-13-22-23-14-18)6-7-19(20)24-21(28)25(8-10-27)15-16-4-1-2-5-16/h6-7,12-14,16,26-27H,1-5,8-11,15H2,(H,22,23)(H,24,28). The van der Waals surface area contributed by atoms with Crippen LogP contribution in [0, 0.1) is 5.92 Å². The molecule has 0 saturated heterocycles. The second-order valence-corrected chi connectivity index (χ2v) is 7.37. The van der Waals surface area contributed by atoms with Gasteiger partial charge in [-0.05, 0) is 36.5 Å². The van der Waals surface area contributed by atoms with Gasteiger partial charge in [0.25, 0.3) is 0 Å². The van der Waals surface area contributed by atoms with Crippen molar-refractivity contribution in [2.45, 2.75) is 32.1 Å². The van der Waals surface area contributed by atoms with Crippen LogP contribution < -0.4 is 10.1 Å². The van der Waals surface area contributed by atoms with Crippen molar-refractivity contribution in [3.05, 3.63) is 30.6 Å². The maximum atomic E-state index is 12.9. The smallest absolute Gasteiger partial charge is 0.322 e. The Morgan fingerprint density at radius 3 is 2.76 bits per heavy atom. The number of nitrogens with zero attached hydrogens (tertiary/aromatic N) is 2. The molecule has 4 N–H and O–H groups in total. The number of hydrogen-bond donors (Lipinski definition) is 4. The van der Waals surface area contributed by atoms with Gasteiger partial charge in [0, 0.05) is 37.9 Å². The highest BCUT2D eigenvalue weighted by Gasteiger charge is 2.22. The molecule has 0 radical (unpaired) electrons. The molecular formula is C21H30N4O4. The molecule has 0 aliphatic heterocycles. The fourth-order valence-electron chi connectivity index (χ4n) is 3.68. The minimum atomic E-state index is -0.242. The number of carbonyl (C=O) groups excluding carboxylic acids is 1. The fourth-order valence-corrected chi connectivity index (χ4v) is 3.68. The molecule has 2 aromatic rings. The Kier molecular flexibility index (Phi) is 7.89. The molecule has 1 heterocycles. The van der Waals surface area contributed by atoms with E-state index in [0.29, 0.717) is 43.5 Å². The zero-order valence-corrected chi connectivity index (χ0v) is 16.6. The SMILES string of the molecule is O=C(Nc1ccc(-c2cn[nH]c2)cc1OCCCO)N(CCO)CC1CCCC1. The number of carbonyl (C=O) groups is 1. The number of ether oxygens (including phenoxy) is 1. The summed E-state index contributed by atoms with van der Waals surface area (Å²) in [4.78, 5) is 14.6. The van der Waals surface area contributed by atoms with E-state index in [1.165, 1.54) is 12.8 Å². The van der Waals surface area contributed by atoms with Gasteiger partial charge in [-0.3, -0.25) is 5.10 Å². The van der Waals surface area contributed by atoms with Crippen molar-refractivity contribution in [3.8, 4) is 16.9 Å². The molecule has 1 aromatic carbocycles. The van der Waals surface area contributed by atoms with Crippen molar-refractivity contribution in [1.82, 2.24) is 15.1 Å². The van der Waals surface area contributed by atoms with Gasteiger partial charge in [0.2, 0.25) is 0 Å². The van der Waals surface area contributed by atoms with Crippen LogP contribution in [0.4, 0.5) is 10.5 Å². The summed E-state index contributed by atoms with van der Waals surface area (Å²) in [5.41, 5.74) is 2.39. The molecule has 158 valence electrons. The second-order valence-electron chi connectivity index (χ2n) is 7.37. The highest BCUT2D eigenvalue weighted by molar-refractivity contribution is 5.91. The molecule has 1 fully saturated rings. The van der Waals surface area contributed by atoms with Crippen LogP contribution in [0.1, 0.15) is 32.1 Å². The van der Waals surface area contributed by atoms with Crippen molar-refractivity contribution in [2.24, 2.45) is 5.92 Å². The Bertz CT molecular complexity index is 760. The van der Waals surface area contributed by atoms with Crippen LogP contribution in [-0.4, -0.2) is 64.3 Å². The van der Waals surface area contributed by atoms with Gasteiger partial charge in [-0.15, -0.1) is 0 Å². The third kappa shape index (κ3) is 5.95. The first-order valence-corrected chi connectivity index (χ1v) is 10.2. The predicted octanol–water partition coefficient (Wildman–Crippen LogP) is 2.85. The number of rotatable bonds is 10. The highest BCUT2D eigenvalue weighted by Crippen LogP contribution is 2.31. The second kappa shape index (κ2) is 10.8. The number of aromatic nitrogens is 2. The number of nitrogens with one attached hydrogen (secondary N) is 2. The quantitative estimate of drug-likeness (QED) is 0.457. The zero-order chi connectivity index (χ0) is 20.5. The number of anilines is 1. The Labute approximate surface area is 170 Å². The minimum Gasteiger partial charge on any atom is -0.491 e. The largest absolute Gasteiger partial charge is 0.491 e. The van der Waals surface area contributed by atoms with Crippen LogP contribution in [0.25, 0.3) is 11.1 Å². The summed E-state index contributed by atoms with van der Waals surface area (Å²) in [7, 11) is 0. The van der Waals surface area contributed by atoms with E-state index in [1.54, 1.807) is 23.4 Å². The average Bonchev–Trinajstić information content (AvgIpc) is 3.43. The minimum absolute atomic E-state index is 0.0365. The molecular weight excluding hydrogens is 372 g/mol. The van der Waals surface area contributed by atoms with Crippen molar-refractivity contribution < 1.29 is 19.7 Å². The Morgan fingerprint density at radius 1 is 1.24 bits per heavy atom. The van der Waals surface area contributed by atoms with Crippen LogP contribution in [0.3, 0.4) is 0 Å². The molecule has 0 atom stereocenters. The van der Waals surface area contributed by atoms with E-state index in [2.05, 4.69) is 15.5 Å². The first-order chi connectivity index (χ1) is 14.2. The molecule has 2 amide bonds. The number of urea groups is 1. The van der Waals surface area contributed by atoms with Crippen LogP contribution >= 0.6 is 0 Å². The molecule has 0 spiro atoms. The number of aliphatic hydroxyl groups excluding tert-OH is 2. The number of aromatic amines is 1. The van der Waals surface area contributed by atoms with E-state index in [0.717, 1.165) is 24.0 Å². The summed E-state index contributed by atoms with van der Waals surface area (Å²) in [6, 6.07) is 5.31. The van der Waals surface area contributed by atoms with Crippen LogP contribution in [0.2, 0.25) is 0 Å². The zero-order valence-electron chi connectivity index (χ0n) is 16.6. The van der Waals surface area contributed by atoms with Gasteiger partial charge < -0.3 is 25.2 Å². The summed E-state index contributed by atoms with van der Waals surface area (Å²) in [6.07, 6.45) is 8.68. The lowest BCUT2D eigenvalue weighted by molar-refractivity contribution is 0.177. The van der Waals surface area contributed by atoms with E-state index >= 15 is 0 Å². The first-order valence-electron chi connectivity index (χ1n) is 10.2. The van der Waals surface area contributed by atoms with Crippen molar-refractivity contribution >= 4 is 11.7 Å². The summed E-state index contributed by atoms with van der Waals surface area (Å²) in [5, 5.41) is 28.1. The van der Waals surface area contributed by atoms with Crippen LogP contribution in [-0.2, 0) is 0 Å². The van der Waals surface area contributed by atoms with Gasteiger partial charge in [-0.25, -0.2) is 4.79 Å². The first kappa shape index (κ1) is 21.1. The lowest BCUT2D eigenvalue weighted by atomic mass is 10.1. The fraction of sp³-hybridized carbons (Fsp3) is 0.524. The number of amides is 2. The Hall–Kier alpha value is -2.58. The molecule has 1 aliphatic rings. The van der Waals surface area contributed by atoms with E-state index in [4.69, 9.17) is 9.84 Å². The molecule has 8 nitrogen and oxygen atoms in total. The molecule has 29 heavy (non-hydrogen) atoms. The van der Waals surface area contributed by atoms with Crippen LogP contribution in [0.5, 0.6) is 5.75 Å². The molecule has 0 unspecified atom stereocenters. The lowest BCUT2D eigenvalue weighted by Crippen LogP contribution is -2.40. The van der Waals surface area contributed by atoms with E-state index < -0.39 is 0 Å². The molecule has 1 aliphatic carbocycles. The maximum Gasteiger partial charge on any atom is 0.322 e. The van der Waals surface area contributed by atoms with Gasteiger partial charge in [-0.2, -0.15) is 5.10 Å². The van der Waals surface area contributed by atoms with E-state index in [9.17, 15) is 9.90 Å². The third-order valence-electron chi connectivity index (χ3n) is 5.23. The topological polar surface area (TPSA) is 111 Å². The van der Waals surface area contributed by atoms with Crippen molar-refractivity contribution in [1.29, 1.82) is 0 Å². The van der Waals surface area contributed by atoms with Gasteiger partial charge >= 0.3 is 6.03 Å². The van der Waals surface area contributed by atoms with Gasteiger partial charge in [-0.1, -0.05) is 18.9 Å². The Morgan fingerprint density at radius 2 is 2.07 bits per heavy atom. The summed E-state index contributed by atoms with van der Waals surface area (Å²) < 4.78 is 5.82. The van der Waals surface area contributed by atoms with Gasteiger partial charge in [0.15, 0.2) is 0 Å². The predicted molar refractivity (Wildman–Crippen MR) is 111 cm³/mol. The highest BCUT2D eigenvalue weighted by atomic mass is 16.5. The van der Waals surface area contributed by atoms with Gasteiger partial charge in [0.1, 0.15) is 5.75 Å². The van der Waals surface area contributed by atoms with Crippen molar-refractivity contribution in [2.75, 3.05) is 38.2 Å². The van der Waals surface area contributed by atoms with Gasteiger partial charge in [0.05, 0.1) is 25.1 Å². The number of benzene rings is 1. The number of aliphatic hydroxyl groups is 2. The summed E-state index contributed by atoms with van der Waals surface area (Å²) >= 11 is 0. The number of hydrogen-bond acceptors (Lipinski definition) is 5.